The molecule has 1 heterocycles. The molecule has 0 N–H and O–H groups in total. The lowest BCUT2D eigenvalue weighted by Crippen LogP contribution is -1.80. The monoisotopic (exact) mass is 169 g/mol. The number of aryl methyl sites for hydroxylation is 2. The van der Waals surface area contributed by atoms with Gasteiger partial charge in [0.25, 0.3) is 0 Å². The molecule has 2 nitrogen and oxygen atoms in total. The molecule has 60 valence electrons. The third-order valence-electron chi connectivity index (χ3n) is 1.45. The zero-order valence-corrected chi connectivity index (χ0v) is 7.57. The first-order valence-corrected chi connectivity index (χ1v) is 4.51. The Morgan fingerprint density at radius 2 is 2.36 bits per heavy atom. The van der Waals surface area contributed by atoms with Crippen LogP contribution in [0.5, 0.6) is 0 Å². The molecule has 0 saturated carbocycles. The van der Waals surface area contributed by atoms with Crippen LogP contribution in [-0.4, -0.2) is 11.3 Å². The second-order valence-corrected chi connectivity index (χ2v) is 3.54. The van der Waals surface area contributed by atoms with E-state index in [0.29, 0.717) is 0 Å². The molecule has 0 atom stereocenters. The van der Waals surface area contributed by atoms with Crippen LogP contribution in [0, 0.1) is 6.92 Å². The molecule has 11 heavy (non-hydrogen) atoms. The van der Waals surface area contributed by atoms with Crippen molar-refractivity contribution in [2.24, 2.45) is 0 Å². The van der Waals surface area contributed by atoms with Crippen molar-refractivity contribution in [3.8, 4) is 0 Å². The molecular formula is C8H11NOS. The van der Waals surface area contributed by atoms with Gasteiger partial charge in [-0.15, -0.1) is 11.3 Å². The molecule has 1 aromatic heterocycles. The fraction of sp³-hybridized carbons (Fsp3) is 0.500. The molecule has 1 rings (SSSR count). The van der Waals surface area contributed by atoms with E-state index in [2.05, 4.69) is 11.9 Å². The maximum Gasteiger partial charge on any atom is 0.161 e. The molecule has 0 radical (unpaired) electrons. The van der Waals surface area contributed by atoms with Crippen LogP contribution < -0.4 is 0 Å². The van der Waals surface area contributed by atoms with Crippen LogP contribution in [-0.2, 0) is 6.42 Å². The minimum Gasteiger partial charge on any atom is -0.297 e. The topological polar surface area (TPSA) is 30.0 Å². The normalized spacial score (nSPS) is 10.0. The van der Waals surface area contributed by atoms with E-state index in [1.54, 1.807) is 0 Å². The van der Waals surface area contributed by atoms with E-state index in [1.165, 1.54) is 11.3 Å². The van der Waals surface area contributed by atoms with Gasteiger partial charge in [-0.3, -0.25) is 4.79 Å². The number of carbonyl (C=O) groups is 1. The number of rotatable bonds is 3. The van der Waals surface area contributed by atoms with Gasteiger partial charge in [-0.2, -0.15) is 0 Å². The van der Waals surface area contributed by atoms with Crippen LogP contribution in [0.2, 0.25) is 0 Å². The molecule has 0 unspecified atom stereocenters. The lowest BCUT2D eigenvalue weighted by Gasteiger charge is -1.85. The van der Waals surface area contributed by atoms with Gasteiger partial charge in [0.1, 0.15) is 0 Å². The number of thiazole rings is 1. The van der Waals surface area contributed by atoms with E-state index < -0.39 is 0 Å². The van der Waals surface area contributed by atoms with Crippen molar-refractivity contribution in [1.29, 1.82) is 0 Å². The van der Waals surface area contributed by atoms with E-state index in [9.17, 15) is 4.79 Å². The molecule has 0 aromatic carbocycles. The standard InChI is InChI=1S/C8H11NOS/c1-3-4-8-9-6(2)7(5-10)11-8/h5H,3-4H2,1-2H3. The van der Waals surface area contributed by atoms with Gasteiger partial charge in [0, 0.05) is 0 Å². The zero-order chi connectivity index (χ0) is 8.27. The summed E-state index contributed by atoms with van der Waals surface area (Å²) in [5, 5.41) is 1.08. The lowest BCUT2D eigenvalue weighted by atomic mass is 10.3. The third-order valence-corrected chi connectivity index (χ3v) is 2.59. The van der Waals surface area contributed by atoms with Gasteiger partial charge in [-0.25, -0.2) is 4.98 Å². The number of aldehydes is 1. The van der Waals surface area contributed by atoms with Crippen molar-refractivity contribution < 1.29 is 4.79 Å². The van der Waals surface area contributed by atoms with Crippen LogP contribution in [0.25, 0.3) is 0 Å². The van der Waals surface area contributed by atoms with Gasteiger partial charge in [-0.1, -0.05) is 6.92 Å². The molecule has 0 aliphatic rings. The summed E-state index contributed by atoms with van der Waals surface area (Å²) in [6.07, 6.45) is 2.96. The SMILES string of the molecule is CCCc1nc(C)c(C=O)s1. The Hall–Kier alpha value is -0.700. The van der Waals surface area contributed by atoms with Crippen LogP contribution in [0.1, 0.15) is 33.7 Å². The fourth-order valence-electron chi connectivity index (χ4n) is 0.896. The highest BCUT2D eigenvalue weighted by atomic mass is 32.1. The molecular weight excluding hydrogens is 158 g/mol. The van der Waals surface area contributed by atoms with E-state index in [0.717, 1.165) is 34.7 Å². The van der Waals surface area contributed by atoms with Gasteiger partial charge < -0.3 is 0 Å². The Morgan fingerprint density at radius 1 is 1.64 bits per heavy atom. The first kappa shape index (κ1) is 8.40. The van der Waals surface area contributed by atoms with Crippen LogP contribution in [0.4, 0.5) is 0 Å². The number of carbonyl (C=O) groups excluding carboxylic acids is 1. The molecule has 0 amide bonds. The predicted octanol–water partition coefficient (Wildman–Crippen LogP) is 2.22. The summed E-state index contributed by atoms with van der Waals surface area (Å²) < 4.78 is 0. The van der Waals surface area contributed by atoms with Crippen molar-refractivity contribution in [2.45, 2.75) is 26.7 Å². The summed E-state index contributed by atoms with van der Waals surface area (Å²) >= 11 is 1.50. The predicted molar refractivity (Wildman–Crippen MR) is 46.2 cm³/mol. The van der Waals surface area contributed by atoms with E-state index in [4.69, 9.17) is 0 Å². The first-order valence-electron chi connectivity index (χ1n) is 3.69. The summed E-state index contributed by atoms with van der Waals surface area (Å²) in [6, 6.07) is 0. The van der Waals surface area contributed by atoms with Crippen molar-refractivity contribution in [2.75, 3.05) is 0 Å². The highest BCUT2D eigenvalue weighted by Gasteiger charge is 2.04. The average Bonchev–Trinajstić information content (AvgIpc) is 2.32. The molecule has 3 heteroatoms. The maximum atomic E-state index is 10.4. The van der Waals surface area contributed by atoms with E-state index >= 15 is 0 Å². The van der Waals surface area contributed by atoms with E-state index in [-0.39, 0.29) is 0 Å². The lowest BCUT2D eigenvalue weighted by molar-refractivity contribution is 0.112. The Kier molecular flexibility index (Phi) is 2.76. The van der Waals surface area contributed by atoms with Gasteiger partial charge in [0.15, 0.2) is 6.29 Å². The summed E-state index contributed by atoms with van der Waals surface area (Å²) in [5.41, 5.74) is 0.869. The van der Waals surface area contributed by atoms with Crippen molar-refractivity contribution >= 4 is 17.6 Å². The second kappa shape index (κ2) is 3.62. The summed E-state index contributed by atoms with van der Waals surface area (Å²) in [7, 11) is 0. The van der Waals surface area contributed by atoms with Crippen molar-refractivity contribution in [3.05, 3.63) is 15.6 Å². The number of nitrogens with zero attached hydrogens (tertiary/aromatic N) is 1. The van der Waals surface area contributed by atoms with E-state index in [1.807, 2.05) is 6.92 Å². The third kappa shape index (κ3) is 1.87. The molecule has 0 aliphatic carbocycles. The molecule has 0 saturated heterocycles. The first-order chi connectivity index (χ1) is 5.27. The Labute approximate surface area is 70.3 Å². The smallest absolute Gasteiger partial charge is 0.161 e. The highest BCUT2D eigenvalue weighted by Crippen LogP contribution is 2.16. The Balaban J connectivity index is 2.86. The minimum atomic E-state index is 0.772. The number of aromatic nitrogens is 1. The maximum absolute atomic E-state index is 10.4. The molecule has 1 aromatic rings. The molecule has 0 aliphatic heterocycles. The van der Waals surface area contributed by atoms with Crippen LogP contribution in [0.3, 0.4) is 0 Å². The molecule has 0 fully saturated rings. The van der Waals surface area contributed by atoms with Crippen molar-refractivity contribution in [1.82, 2.24) is 4.98 Å². The van der Waals surface area contributed by atoms with Crippen LogP contribution >= 0.6 is 11.3 Å². The number of hydrogen-bond acceptors (Lipinski definition) is 3. The Bertz CT molecular complexity index is 255. The summed E-state index contributed by atoms with van der Waals surface area (Å²) in [5.74, 6) is 0. The van der Waals surface area contributed by atoms with Gasteiger partial charge in [0.05, 0.1) is 15.6 Å². The minimum absolute atomic E-state index is 0.772. The number of hydrogen-bond donors (Lipinski definition) is 0. The summed E-state index contributed by atoms with van der Waals surface area (Å²) in [6.45, 7) is 3.98. The molecule has 0 spiro atoms. The van der Waals surface area contributed by atoms with Crippen molar-refractivity contribution in [3.63, 3.8) is 0 Å². The fourth-order valence-corrected chi connectivity index (χ4v) is 1.88. The second-order valence-electron chi connectivity index (χ2n) is 2.43. The molecule has 0 bridgehead atoms. The van der Waals surface area contributed by atoms with Crippen LogP contribution in [0.15, 0.2) is 0 Å². The highest BCUT2D eigenvalue weighted by molar-refractivity contribution is 7.13. The summed E-state index contributed by atoms with van der Waals surface area (Å²) in [4.78, 5) is 15.4. The average molecular weight is 169 g/mol. The quantitative estimate of drug-likeness (QED) is 0.649. The van der Waals surface area contributed by atoms with Gasteiger partial charge >= 0.3 is 0 Å². The van der Waals surface area contributed by atoms with Gasteiger partial charge in [0.2, 0.25) is 0 Å². The largest absolute Gasteiger partial charge is 0.297 e. The zero-order valence-electron chi connectivity index (χ0n) is 6.76. The van der Waals surface area contributed by atoms with Gasteiger partial charge in [-0.05, 0) is 19.8 Å². The Morgan fingerprint density at radius 3 is 2.82 bits per heavy atom.